The van der Waals surface area contributed by atoms with Crippen molar-refractivity contribution in [2.45, 2.75) is 13.8 Å². The number of carbonyl (C=O) groups excluding carboxylic acids is 1. The van der Waals surface area contributed by atoms with E-state index in [0.29, 0.717) is 36.1 Å². The van der Waals surface area contributed by atoms with Crippen LogP contribution >= 0.6 is 0 Å². The Morgan fingerprint density at radius 2 is 2.10 bits per heavy atom. The average molecular weight is 279 g/mol. The Balaban J connectivity index is 2.59. The lowest BCUT2D eigenvalue weighted by Crippen LogP contribution is -2.31. The standard InChI is InChI=1S/C15H25N3O2/c1-11(2)10-20-14-6-5-12(9-13(14)16)15(19)17-7-8-18(3)4/h5-6,9,11H,7-8,10,16H2,1-4H3,(H,17,19). The van der Waals surface area contributed by atoms with Crippen molar-refractivity contribution in [2.75, 3.05) is 39.5 Å². The molecular formula is C15H25N3O2. The molecule has 0 aliphatic rings. The van der Waals surface area contributed by atoms with Gasteiger partial charge in [0.05, 0.1) is 12.3 Å². The fraction of sp³-hybridized carbons (Fsp3) is 0.533. The number of rotatable bonds is 7. The summed E-state index contributed by atoms with van der Waals surface area (Å²) in [6.07, 6.45) is 0. The molecule has 0 spiro atoms. The first-order valence-electron chi connectivity index (χ1n) is 6.85. The molecule has 1 aromatic carbocycles. The van der Waals surface area contributed by atoms with E-state index in [1.54, 1.807) is 18.2 Å². The molecule has 0 radical (unpaired) electrons. The number of nitrogens with one attached hydrogen (secondary N) is 1. The third kappa shape index (κ3) is 5.48. The number of amides is 1. The van der Waals surface area contributed by atoms with Crippen LogP contribution in [-0.2, 0) is 0 Å². The molecule has 0 bridgehead atoms. The first-order chi connectivity index (χ1) is 9.40. The number of nitrogen functional groups attached to an aromatic ring is 1. The predicted molar refractivity (Wildman–Crippen MR) is 82.1 cm³/mol. The van der Waals surface area contributed by atoms with Crippen molar-refractivity contribution in [2.24, 2.45) is 5.92 Å². The van der Waals surface area contributed by atoms with Crippen molar-refractivity contribution in [3.05, 3.63) is 23.8 Å². The van der Waals surface area contributed by atoms with E-state index in [0.717, 1.165) is 6.54 Å². The molecule has 0 unspecified atom stereocenters. The Hall–Kier alpha value is -1.75. The van der Waals surface area contributed by atoms with Gasteiger partial charge < -0.3 is 20.7 Å². The van der Waals surface area contributed by atoms with Gasteiger partial charge in [0, 0.05) is 18.7 Å². The molecule has 0 aliphatic heterocycles. The molecule has 0 saturated carbocycles. The Kier molecular flexibility index (Phi) is 6.31. The molecule has 0 saturated heterocycles. The SMILES string of the molecule is CC(C)COc1ccc(C(=O)NCCN(C)C)cc1N. The van der Waals surface area contributed by atoms with E-state index in [1.807, 2.05) is 19.0 Å². The van der Waals surface area contributed by atoms with Gasteiger partial charge in [0.15, 0.2) is 0 Å². The number of likely N-dealkylation sites (N-methyl/N-ethyl adjacent to an activating group) is 1. The second-order valence-electron chi connectivity index (χ2n) is 5.52. The molecule has 0 aromatic heterocycles. The lowest BCUT2D eigenvalue weighted by molar-refractivity contribution is 0.0951. The Labute approximate surface area is 121 Å². The first kappa shape index (κ1) is 16.3. The van der Waals surface area contributed by atoms with Crippen molar-refractivity contribution in [3.63, 3.8) is 0 Å². The summed E-state index contributed by atoms with van der Waals surface area (Å²) in [4.78, 5) is 13.9. The zero-order valence-electron chi connectivity index (χ0n) is 12.8. The van der Waals surface area contributed by atoms with Gasteiger partial charge in [-0.15, -0.1) is 0 Å². The van der Waals surface area contributed by atoms with Gasteiger partial charge in [-0.05, 0) is 38.2 Å². The molecular weight excluding hydrogens is 254 g/mol. The maximum atomic E-state index is 11.9. The van der Waals surface area contributed by atoms with Gasteiger partial charge in [-0.25, -0.2) is 0 Å². The lowest BCUT2D eigenvalue weighted by Gasteiger charge is -2.13. The largest absolute Gasteiger partial charge is 0.491 e. The first-order valence-corrected chi connectivity index (χ1v) is 6.85. The van der Waals surface area contributed by atoms with Crippen LogP contribution in [0.1, 0.15) is 24.2 Å². The summed E-state index contributed by atoms with van der Waals surface area (Å²) >= 11 is 0. The zero-order valence-corrected chi connectivity index (χ0v) is 12.8. The topological polar surface area (TPSA) is 67.6 Å². The Morgan fingerprint density at radius 1 is 1.40 bits per heavy atom. The number of hydrogen-bond acceptors (Lipinski definition) is 4. The summed E-state index contributed by atoms with van der Waals surface area (Å²) in [6.45, 7) is 6.16. The number of nitrogens with zero attached hydrogens (tertiary/aromatic N) is 1. The fourth-order valence-electron chi connectivity index (χ4n) is 1.57. The molecule has 1 rings (SSSR count). The second kappa shape index (κ2) is 7.75. The highest BCUT2D eigenvalue weighted by atomic mass is 16.5. The van der Waals surface area contributed by atoms with Crippen molar-refractivity contribution < 1.29 is 9.53 Å². The molecule has 0 fully saturated rings. The van der Waals surface area contributed by atoms with E-state index in [2.05, 4.69) is 19.2 Å². The van der Waals surface area contributed by atoms with Crippen LogP contribution in [0.25, 0.3) is 0 Å². The monoisotopic (exact) mass is 279 g/mol. The highest BCUT2D eigenvalue weighted by Crippen LogP contribution is 2.23. The van der Waals surface area contributed by atoms with Gasteiger partial charge in [0.25, 0.3) is 5.91 Å². The van der Waals surface area contributed by atoms with E-state index in [9.17, 15) is 4.79 Å². The maximum Gasteiger partial charge on any atom is 0.251 e. The lowest BCUT2D eigenvalue weighted by atomic mass is 10.1. The van der Waals surface area contributed by atoms with Crippen LogP contribution in [0.2, 0.25) is 0 Å². The zero-order chi connectivity index (χ0) is 15.1. The van der Waals surface area contributed by atoms with Crippen LogP contribution in [0.3, 0.4) is 0 Å². The highest BCUT2D eigenvalue weighted by molar-refractivity contribution is 5.95. The van der Waals surface area contributed by atoms with Gasteiger partial charge in [-0.3, -0.25) is 4.79 Å². The fourth-order valence-corrected chi connectivity index (χ4v) is 1.57. The number of anilines is 1. The summed E-state index contributed by atoms with van der Waals surface area (Å²) in [6, 6.07) is 5.14. The van der Waals surface area contributed by atoms with Gasteiger partial charge >= 0.3 is 0 Å². The molecule has 5 nitrogen and oxygen atoms in total. The van der Waals surface area contributed by atoms with E-state index in [-0.39, 0.29) is 5.91 Å². The van der Waals surface area contributed by atoms with Crippen LogP contribution < -0.4 is 15.8 Å². The average Bonchev–Trinajstić information content (AvgIpc) is 2.36. The molecule has 3 N–H and O–H groups in total. The van der Waals surface area contributed by atoms with Crippen LogP contribution in [-0.4, -0.2) is 44.6 Å². The van der Waals surface area contributed by atoms with Gasteiger partial charge in [-0.1, -0.05) is 13.8 Å². The van der Waals surface area contributed by atoms with Crippen LogP contribution in [0.5, 0.6) is 5.75 Å². The number of hydrogen-bond donors (Lipinski definition) is 2. The van der Waals surface area contributed by atoms with Gasteiger partial charge in [0.1, 0.15) is 5.75 Å². The van der Waals surface area contributed by atoms with Crippen LogP contribution in [0, 0.1) is 5.92 Å². The molecule has 1 amide bonds. The molecule has 0 atom stereocenters. The smallest absolute Gasteiger partial charge is 0.251 e. The van der Waals surface area contributed by atoms with Crippen LogP contribution in [0.4, 0.5) is 5.69 Å². The summed E-state index contributed by atoms with van der Waals surface area (Å²) in [5.74, 6) is 0.945. The minimum Gasteiger partial charge on any atom is -0.491 e. The van der Waals surface area contributed by atoms with Gasteiger partial charge in [-0.2, -0.15) is 0 Å². The van der Waals surface area contributed by atoms with Gasteiger partial charge in [0.2, 0.25) is 0 Å². The molecule has 0 heterocycles. The van der Waals surface area contributed by atoms with E-state index in [4.69, 9.17) is 10.5 Å². The third-order valence-corrected chi connectivity index (χ3v) is 2.69. The number of nitrogens with two attached hydrogens (primary N) is 1. The summed E-state index contributed by atoms with van der Waals surface area (Å²) in [5, 5.41) is 2.85. The number of benzene rings is 1. The van der Waals surface area contributed by atoms with E-state index >= 15 is 0 Å². The minimum absolute atomic E-state index is 0.117. The van der Waals surface area contributed by atoms with Crippen molar-refractivity contribution in [3.8, 4) is 5.75 Å². The summed E-state index contributed by atoms with van der Waals surface area (Å²) in [5.41, 5.74) is 6.95. The van der Waals surface area contributed by atoms with E-state index in [1.165, 1.54) is 0 Å². The molecule has 5 heteroatoms. The van der Waals surface area contributed by atoms with Crippen LogP contribution in [0.15, 0.2) is 18.2 Å². The third-order valence-electron chi connectivity index (χ3n) is 2.69. The highest BCUT2D eigenvalue weighted by Gasteiger charge is 2.09. The predicted octanol–water partition coefficient (Wildman–Crippen LogP) is 1.59. The molecule has 112 valence electrons. The number of ether oxygens (including phenoxy) is 1. The number of carbonyl (C=O) groups is 1. The minimum atomic E-state index is -0.117. The summed E-state index contributed by atoms with van der Waals surface area (Å²) < 4.78 is 5.58. The molecule has 20 heavy (non-hydrogen) atoms. The molecule has 0 aliphatic carbocycles. The normalized spacial score (nSPS) is 10.9. The van der Waals surface area contributed by atoms with Crippen molar-refractivity contribution in [1.29, 1.82) is 0 Å². The Morgan fingerprint density at radius 3 is 2.65 bits per heavy atom. The quantitative estimate of drug-likeness (QED) is 0.744. The van der Waals surface area contributed by atoms with E-state index < -0.39 is 0 Å². The maximum absolute atomic E-state index is 11.9. The Bertz CT molecular complexity index is 445. The van der Waals surface area contributed by atoms with Crippen molar-refractivity contribution >= 4 is 11.6 Å². The summed E-state index contributed by atoms with van der Waals surface area (Å²) in [7, 11) is 3.93. The van der Waals surface area contributed by atoms with Crippen molar-refractivity contribution in [1.82, 2.24) is 10.2 Å². The second-order valence-corrected chi connectivity index (χ2v) is 5.52. The molecule has 1 aromatic rings.